The Morgan fingerprint density at radius 2 is 1.92 bits per heavy atom. The summed E-state index contributed by atoms with van der Waals surface area (Å²) in [5.74, 6) is -0.521. The minimum atomic E-state index is -0.716. The number of allylic oxidation sites excluding steroid dienone is 1. The molecule has 202 valence electrons. The molecule has 0 bridgehead atoms. The van der Waals surface area contributed by atoms with Crippen LogP contribution < -0.4 is 19.8 Å². The van der Waals surface area contributed by atoms with Crippen LogP contribution in [0.25, 0.3) is 6.08 Å². The largest absolute Gasteiger partial charge is 0.463 e. The first-order chi connectivity index (χ1) is 18.8. The fraction of sp³-hybridized carbons (Fsp3) is 0.321. The molecule has 10 nitrogen and oxygen atoms in total. The van der Waals surface area contributed by atoms with Crippen molar-refractivity contribution >= 4 is 34.8 Å². The second-order valence-electron chi connectivity index (χ2n) is 9.31. The van der Waals surface area contributed by atoms with Crippen molar-refractivity contribution in [3.05, 3.63) is 100 Å². The van der Waals surface area contributed by atoms with Crippen molar-refractivity contribution in [3.8, 4) is 0 Å². The Morgan fingerprint density at radius 3 is 2.59 bits per heavy atom. The van der Waals surface area contributed by atoms with Gasteiger partial charge in [-0.1, -0.05) is 41.2 Å². The first kappa shape index (κ1) is 26.5. The molecule has 2 aliphatic heterocycles. The average molecular weight is 549 g/mol. The SMILES string of the molecule is CCOC(=O)C1=C(C)N=c2s/c(=C\c3cc([N+](=O)[O-])ccc3N3CCOCC3)c(=O)n2C1c1ccc(C)cc1. The van der Waals surface area contributed by atoms with Gasteiger partial charge in [0.05, 0.1) is 46.6 Å². The number of hydrogen-bond donors (Lipinski definition) is 0. The molecule has 1 aromatic heterocycles. The predicted molar refractivity (Wildman–Crippen MR) is 148 cm³/mol. The first-order valence-corrected chi connectivity index (χ1v) is 13.5. The van der Waals surface area contributed by atoms with Gasteiger partial charge in [-0.3, -0.25) is 19.5 Å². The van der Waals surface area contributed by atoms with Crippen molar-refractivity contribution in [2.24, 2.45) is 4.99 Å². The van der Waals surface area contributed by atoms with Crippen molar-refractivity contribution in [1.29, 1.82) is 0 Å². The van der Waals surface area contributed by atoms with E-state index in [4.69, 9.17) is 9.47 Å². The van der Waals surface area contributed by atoms with Crippen LogP contribution in [0.5, 0.6) is 0 Å². The molecular formula is C28H28N4O6S. The van der Waals surface area contributed by atoms with Crippen LogP contribution in [-0.2, 0) is 14.3 Å². The number of aryl methyl sites for hydroxylation is 1. The summed E-state index contributed by atoms with van der Waals surface area (Å²) in [4.78, 5) is 45.3. The number of nitro groups is 1. The number of benzene rings is 2. The number of non-ortho nitro benzene ring substituents is 1. The van der Waals surface area contributed by atoms with E-state index in [0.717, 1.165) is 16.8 Å². The van der Waals surface area contributed by atoms with Crippen molar-refractivity contribution in [2.75, 3.05) is 37.8 Å². The van der Waals surface area contributed by atoms with Crippen LogP contribution >= 0.6 is 11.3 Å². The van der Waals surface area contributed by atoms with E-state index >= 15 is 0 Å². The van der Waals surface area contributed by atoms with Gasteiger partial charge in [-0.2, -0.15) is 0 Å². The van der Waals surface area contributed by atoms with Crippen LogP contribution in [0.15, 0.2) is 63.5 Å². The number of thiazole rings is 1. The van der Waals surface area contributed by atoms with Gasteiger partial charge in [0.25, 0.3) is 11.2 Å². The van der Waals surface area contributed by atoms with E-state index in [-0.39, 0.29) is 17.9 Å². The molecule has 0 spiro atoms. The Labute approximate surface area is 228 Å². The highest BCUT2D eigenvalue weighted by molar-refractivity contribution is 7.07. The maximum Gasteiger partial charge on any atom is 0.338 e. The van der Waals surface area contributed by atoms with Crippen LogP contribution in [0.2, 0.25) is 0 Å². The third kappa shape index (κ3) is 5.15. The highest BCUT2D eigenvalue weighted by Gasteiger charge is 2.33. The molecule has 1 fully saturated rings. The summed E-state index contributed by atoms with van der Waals surface area (Å²) in [6, 6.07) is 11.6. The minimum absolute atomic E-state index is 0.0657. The topological polar surface area (TPSA) is 116 Å². The third-order valence-corrected chi connectivity index (χ3v) is 7.75. The van der Waals surface area contributed by atoms with Crippen molar-refractivity contribution in [1.82, 2.24) is 4.57 Å². The number of ether oxygens (including phenoxy) is 2. The van der Waals surface area contributed by atoms with E-state index in [1.165, 1.54) is 28.0 Å². The lowest BCUT2D eigenvalue weighted by atomic mass is 9.95. The molecule has 0 aliphatic carbocycles. The summed E-state index contributed by atoms with van der Waals surface area (Å²) in [6.07, 6.45) is 1.68. The molecule has 1 unspecified atom stereocenters. The average Bonchev–Trinajstić information content (AvgIpc) is 3.23. The normalized spacial score (nSPS) is 17.6. The number of nitro benzene ring substituents is 1. The van der Waals surface area contributed by atoms with Crippen molar-refractivity contribution < 1.29 is 19.2 Å². The lowest BCUT2D eigenvalue weighted by Crippen LogP contribution is -2.40. The monoisotopic (exact) mass is 548 g/mol. The molecule has 0 amide bonds. The maximum absolute atomic E-state index is 13.9. The molecule has 39 heavy (non-hydrogen) atoms. The number of carbonyl (C=O) groups excluding carboxylic acids is 1. The molecule has 5 rings (SSSR count). The second kappa shape index (κ2) is 11.0. The van der Waals surface area contributed by atoms with Gasteiger partial charge < -0.3 is 14.4 Å². The molecule has 0 N–H and O–H groups in total. The molecule has 1 saturated heterocycles. The zero-order valence-electron chi connectivity index (χ0n) is 21.9. The van der Waals surface area contributed by atoms with Gasteiger partial charge in [-0.25, -0.2) is 9.79 Å². The van der Waals surface area contributed by atoms with Crippen LogP contribution in [0.3, 0.4) is 0 Å². The van der Waals surface area contributed by atoms with Gasteiger partial charge in [-0.15, -0.1) is 0 Å². The van der Waals surface area contributed by atoms with E-state index in [1.807, 2.05) is 31.2 Å². The number of nitrogens with zero attached hydrogens (tertiary/aromatic N) is 4. The molecular weight excluding hydrogens is 520 g/mol. The van der Waals surface area contributed by atoms with Gasteiger partial charge in [0, 0.05) is 36.5 Å². The smallest absolute Gasteiger partial charge is 0.338 e. The van der Waals surface area contributed by atoms with Crippen LogP contribution in [0, 0.1) is 17.0 Å². The Bertz CT molecular complexity index is 1650. The zero-order valence-corrected chi connectivity index (χ0v) is 22.7. The maximum atomic E-state index is 13.9. The fourth-order valence-electron chi connectivity index (χ4n) is 4.86. The highest BCUT2D eigenvalue weighted by Crippen LogP contribution is 2.31. The number of anilines is 1. The lowest BCUT2D eigenvalue weighted by molar-refractivity contribution is -0.384. The molecule has 0 saturated carbocycles. The molecule has 2 aliphatic rings. The summed E-state index contributed by atoms with van der Waals surface area (Å²) in [5, 5.41) is 11.6. The Hall–Kier alpha value is -4.09. The number of esters is 1. The second-order valence-corrected chi connectivity index (χ2v) is 10.3. The van der Waals surface area contributed by atoms with E-state index in [2.05, 4.69) is 9.89 Å². The molecule has 3 heterocycles. The molecule has 0 radical (unpaired) electrons. The predicted octanol–water partition coefficient (Wildman–Crippen LogP) is 2.85. The van der Waals surface area contributed by atoms with E-state index in [0.29, 0.717) is 52.5 Å². The van der Waals surface area contributed by atoms with E-state index in [9.17, 15) is 19.7 Å². The first-order valence-electron chi connectivity index (χ1n) is 12.7. The summed E-state index contributed by atoms with van der Waals surface area (Å²) in [6.45, 7) is 7.99. The Morgan fingerprint density at radius 1 is 1.21 bits per heavy atom. The number of carbonyl (C=O) groups is 1. The number of rotatable bonds is 6. The standard InChI is InChI=1S/C28H28N4O6S/c1-4-38-27(34)24-18(3)29-28-31(25(24)19-7-5-17(2)6-8-19)26(33)23(39-28)16-20-15-21(32(35)36)9-10-22(20)30-11-13-37-14-12-30/h5-10,15-16,25H,4,11-14H2,1-3H3/b23-16-. The number of aromatic nitrogens is 1. The van der Waals surface area contributed by atoms with Gasteiger partial charge >= 0.3 is 5.97 Å². The summed E-state index contributed by atoms with van der Waals surface area (Å²) >= 11 is 1.19. The van der Waals surface area contributed by atoms with Crippen molar-refractivity contribution in [3.63, 3.8) is 0 Å². The quantitative estimate of drug-likeness (QED) is 0.264. The van der Waals surface area contributed by atoms with Gasteiger partial charge in [0.15, 0.2) is 4.80 Å². The van der Waals surface area contributed by atoms with Crippen LogP contribution in [0.1, 0.15) is 36.6 Å². The number of fused-ring (bicyclic) bond motifs is 1. The van der Waals surface area contributed by atoms with Crippen LogP contribution in [-0.4, -0.2) is 48.4 Å². The molecule has 1 atom stereocenters. The van der Waals surface area contributed by atoms with Crippen molar-refractivity contribution in [2.45, 2.75) is 26.8 Å². The van der Waals surface area contributed by atoms with Gasteiger partial charge in [0.1, 0.15) is 0 Å². The van der Waals surface area contributed by atoms with Crippen LogP contribution in [0.4, 0.5) is 11.4 Å². The zero-order chi connectivity index (χ0) is 27.7. The van der Waals surface area contributed by atoms with E-state index in [1.54, 1.807) is 26.0 Å². The third-order valence-electron chi connectivity index (χ3n) is 6.77. The fourth-order valence-corrected chi connectivity index (χ4v) is 5.90. The Balaban J connectivity index is 1.71. The molecule has 2 aromatic carbocycles. The van der Waals surface area contributed by atoms with Gasteiger partial charge in [-0.05, 0) is 38.5 Å². The Kier molecular flexibility index (Phi) is 7.45. The van der Waals surface area contributed by atoms with Gasteiger partial charge in [0.2, 0.25) is 0 Å². The minimum Gasteiger partial charge on any atom is -0.463 e. The number of morpholine rings is 1. The molecule has 11 heteroatoms. The molecule has 3 aromatic rings. The summed E-state index contributed by atoms with van der Waals surface area (Å²) in [7, 11) is 0. The summed E-state index contributed by atoms with van der Waals surface area (Å²) < 4.78 is 12.7. The highest BCUT2D eigenvalue weighted by atomic mass is 32.1. The lowest BCUT2D eigenvalue weighted by Gasteiger charge is -2.30. The van der Waals surface area contributed by atoms with E-state index < -0.39 is 16.9 Å². The number of hydrogen-bond acceptors (Lipinski definition) is 9. The summed E-state index contributed by atoms with van der Waals surface area (Å²) in [5.41, 5.74) is 3.54.